The summed E-state index contributed by atoms with van der Waals surface area (Å²) < 4.78 is 45.2. The van der Waals surface area contributed by atoms with Crippen molar-refractivity contribution in [3.8, 4) is 0 Å². The van der Waals surface area contributed by atoms with E-state index in [0.29, 0.717) is 0 Å². The molecule has 0 bridgehead atoms. The van der Waals surface area contributed by atoms with Gasteiger partial charge in [-0.25, -0.2) is 22.3 Å². The van der Waals surface area contributed by atoms with Crippen LogP contribution in [0.4, 0.5) is 4.39 Å². The third-order valence-corrected chi connectivity index (χ3v) is 4.78. The minimum atomic E-state index is -3.88. The van der Waals surface area contributed by atoms with Gasteiger partial charge in [-0.1, -0.05) is 0 Å². The van der Waals surface area contributed by atoms with Gasteiger partial charge in [-0.3, -0.25) is 0 Å². The van der Waals surface area contributed by atoms with Crippen molar-refractivity contribution in [2.45, 2.75) is 30.7 Å². The molecule has 0 radical (unpaired) electrons. The molecule has 1 atom stereocenters. The van der Waals surface area contributed by atoms with E-state index in [9.17, 15) is 17.6 Å². The third kappa shape index (κ3) is 4.25. The summed E-state index contributed by atoms with van der Waals surface area (Å²) in [7, 11) is -3.88. The first-order valence-corrected chi connectivity index (χ1v) is 8.61. The Bertz CT molecular complexity index is 642. The molecule has 1 heterocycles. The zero-order valence-corrected chi connectivity index (χ0v) is 13.1. The number of esters is 1. The van der Waals surface area contributed by atoms with Crippen molar-refractivity contribution in [1.82, 2.24) is 10.0 Å². The van der Waals surface area contributed by atoms with Crippen molar-refractivity contribution in [3.05, 3.63) is 29.6 Å². The highest BCUT2D eigenvalue weighted by Gasteiger charge is 2.21. The highest BCUT2D eigenvalue weighted by atomic mass is 32.2. The number of nitrogens with one attached hydrogen (secondary N) is 2. The molecule has 0 amide bonds. The van der Waals surface area contributed by atoms with Crippen LogP contribution in [-0.4, -0.2) is 40.1 Å². The number of hydrogen-bond donors (Lipinski definition) is 2. The average molecular weight is 330 g/mol. The summed E-state index contributed by atoms with van der Waals surface area (Å²) in [6.07, 6.45) is 1.89. The Morgan fingerprint density at radius 1 is 1.45 bits per heavy atom. The minimum absolute atomic E-state index is 0.0767. The maximum atomic E-state index is 13.6. The predicted molar refractivity (Wildman–Crippen MR) is 78.6 cm³/mol. The second-order valence-corrected chi connectivity index (χ2v) is 6.81. The molecule has 2 N–H and O–H groups in total. The average Bonchev–Trinajstić information content (AvgIpc) is 2.98. The highest BCUT2D eigenvalue weighted by molar-refractivity contribution is 7.89. The number of sulfonamides is 1. The molecular formula is C14H19FN2O4S. The third-order valence-electron chi connectivity index (χ3n) is 3.37. The quantitative estimate of drug-likeness (QED) is 0.761. The maximum absolute atomic E-state index is 13.6. The summed E-state index contributed by atoms with van der Waals surface area (Å²) >= 11 is 0. The van der Waals surface area contributed by atoms with Crippen molar-refractivity contribution in [2.75, 3.05) is 19.7 Å². The van der Waals surface area contributed by atoms with E-state index in [1.807, 2.05) is 0 Å². The zero-order chi connectivity index (χ0) is 16.2. The Balaban J connectivity index is 2.16. The van der Waals surface area contributed by atoms with Crippen LogP contribution < -0.4 is 10.0 Å². The largest absolute Gasteiger partial charge is 0.462 e. The molecule has 1 aromatic carbocycles. The molecule has 0 aliphatic carbocycles. The molecule has 1 fully saturated rings. The molecule has 8 heteroatoms. The summed E-state index contributed by atoms with van der Waals surface area (Å²) in [5, 5.41) is 3.16. The van der Waals surface area contributed by atoms with Gasteiger partial charge in [-0.2, -0.15) is 0 Å². The smallest absolute Gasteiger partial charge is 0.338 e. The van der Waals surface area contributed by atoms with Crippen molar-refractivity contribution < 1.29 is 22.3 Å². The number of ether oxygens (including phenoxy) is 1. The highest BCUT2D eigenvalue weighted by Crippen LogP contribution is 2.16. The van der Waals surface area contributed by atoms with E-state index in [4.69, 9.17) is 4.74 Å². The molecule has 2 rings (SSSR count). The summed E-state index contributed by atoms with van der Waals surface area (Å²) in [5.41, 5.74) is -0.124. The van der Waals surface area contributed by atoms with Gasteiger partial charge < -0.3 is 10.1 Å². The Labute approximate surface area is 129 Å². The predicted octanol–water partition coefficient (Wildman–Crippen LogP) is 1.03. The molecule has 1 aromatic rings. The van der Waals surface area contributed by atoms with Gasteiger partial charge in [0.1, 0.15) is 5.82 Å². The van der Waals surface area contributed by atoms with Crippen molar-refractivity contribution >= 4 is 16.0 Å². The summed E-state index contributed by atoms with van der Waals surface area (Å²) in [4.78, 5) is 11.3. The molecule has 0 aromatic heterocycles. The molecule has 6 nitrogen and oxygen atoms in total. The Morgan fingerprint density at radius 3 is 2.86 bits per heavy atom. The van der Waals surface area contributed by atoms with Crippen LogP contribution in [0.25, 0.3) is 0 Å². The lowest BCUT2D eigenvalue weighted by Gasteiger charge is -2.12. The van der Waals surface area contributed by atoms with Crippen LogP contribution in [0, 0.1) is 5.82 Å². The lowest BCUT2D eigenvalue weighted by molar-refractivity contribution is 0.0525. The first-order chi connectivity index (χ1) is 10.4. The second kappa shape index (κ2) is 7.17. The van der Waals surface area contributed by atoms with Crippen LogP contribution in [0.1, 0.15) is 30.1 Å². The summed E-state index contributed by atoms with van der Waals surface area (Å²) in [6, 6.07) is 3.03. The number of rotatable bonds is 6. The molecular weight excluding hydrogens is 311 g/mol. The standard InChI is InChI=1S/C14H19FN2O4S/c1-2-21-14(18)10-6-11(15)8-13(7-10)22(19,20)17-9-12-4-3-5-16-12/h6-8,12,16-17H,2-5,9H2,1H3. The van der Waals surface area contributed by atoms with Crippen LogP contribution in [0.15, 0.2) is 23.1 Å². The van der Waals surface area contributed by atoms with E-state index in [-0.39, 0.29) is 29.7 Å². The van der Waals surface area contributed by atoms with Crippen LogP contribution in [-0.2, 0) is 14.8 Å². The van der Waals surface area contributed by atoms with Crippen molar-refractivity contribution in [3.63, 3.8) is 0 Å². The number of carbonyl (C=O) groups is 1. The van der Waals surface area contributed by atoms with E-state index < -0.39 is 21.8 Å². The van der Waals surface area contributed by atoms with Crippen LogP contribution in [0.2, 0.25) is 0 Å². The molecule has 0 saturated carbocycles. The van der Waals surface area contributed by atoms with E-state index in [1.165, 1.54) is 0 Å². The molecule has 0 spiro atoms. The number of halogens is 1. The van der Waals surface area contributed by atoms with Gasteiger partial charge in [0, 0.05) is 12.6 Å². The molecule has 1 aliphatic rings. The fourth-order valence-corrected chi connectivity index (χ4v) is 3.41. The van der Waals surface area contributed by atoms with E-state index in [1.54, 1.807) is 6.92 Å². The fourth-order valence-electron chi connectivity index (χ4n) is 2.27. The van der Waals surface area contributed by atoms with Gasteiger partial charge in [0.15, 0.2) is 0 Å². The lowest BCUT2D eigenvalue weighted by Crippen LogP contribution is -2.37. The molecule has 22 heavy (non-hydrogen) atoms. The van der Waals surface area contributed by atoms with Crippen molar-refractivity contribution in [1.29, 1.82) is 0 Å². The fraction of sp³-hybridized carbons (Fsp3) is 0.500. The Hall–Kier alpha value is -1.51. The number of benzene rings is 1. The van der Waals surface area contributed by atoms with Gasteiger partial charge in [0.05, 0.1) is 17.1 Å². The normalized spacial score (nSPS) is 18.4. The van der Waals surface area contributed by atoms with Gasteiger partial charge in [0.2, 0.25) is 10.0 Å². The van der Waals surface area contributed by atoms with Gasteiger partial charge in [-0.15, -0.1) is 0 Å². The molecule has 1 saturated heterocycles. The first kappa shape index (κ1) is 16.9. The second-order valence-electron chi connectivity index (χ2n) is 5.04. The molecule has 1 aliphatic heterocycles. The van der Waals surface area contributed by atoms with Crippen LogP contribution in [0.5, 0.6) is 0 Å². The zero-order valence-electron chi connectivity index (χ0n) is 12.3. The molecule has 1 unspecified atom stereocenters. The SMILES string of the molecule is CCOC(=O)c1cc(F)cc(S(=O)(=O)NCC2CCCN2)c1. The Morgan fingerprint density at radius 2 is 2.23 bits per heavy atom. The van der Waals surface area contributed by atoms with Gasteiger partial charge in [-0.05, 0) is 44.5 Å². The van der Waals surface area contributed by atoms with E-state index in [2.05, 4.69) is 10.0 Å². The first-order valence-electron chi connectivity index (χ1n) is 7.13. The molecule has 122 valence electrons. The maximum Gasteiger partial charge on any atom is 0.338 e. The van der Waals surface area contributed by atoms with Crippen molar-refractivity contribution in [2.24, 2.45) is 0 Å². The van der Waals surface area contributed by atoms with Crippen LogP contribution in [0.3, 0.4) is 0 Å². The lowest BCUT2D eigenvalue weighted by atomic mass is 10.2. The van der Waals surface area contributed by atoms with Crippen LogP contribution >= 0.6 is 0 Å². The minimum Gasteiger partial charge on any atom is -0.462 e. The monoisotopic (exact) mass is 330 g/mol. The van der Waals surface area contributed by atoms with Gasteiger partial charge >= 0.3 is 5.97 Å². The van der Waals surface area contributed by atoms with E-state index in [0.717, 1.165) is 37.6 Å². The summed E-state index contributed by atoms with van der Waals surface area (Å²) in [6.45, 7) is 2.83. The number of carbonyl (C=O) groups excluding carboxylic acids is 1. The Kier molecular flexibility index (Phi) is 5.49. The number of hydrogen-bond acceptors (Lipinski definition) is 5. The summed E-state index contributed by atoms with van der Waals surface area (Å²) in [5.74, 6) is -1.55. The van der Waals surface area contributed by atoms with E-state index >= 15 is 0 Å². The van der Waals surface area contributed by atoms with Gasteiger partial charge in [0.25, 0.3) is 0 Å². The topological polar surface area (TPSA) is 84.5 Å².